The van der Waals surface area contributed by atoms with Crippen molar-refractivity contribution in [3.8, 4) is 45.9 Å². The molecule has 0 bridgehead atoms. The van der Waals surface area contributed by atoms with Gasteiger partial charge in [-0.25, -0.2) is 9.97 Å². The number of hydrogen-bond donors (Lipinski definition) is 0. The van der Waals surface area contributed by atoms with E-state index in [1.807, 2.05) is 78.9 Å². The first-order chi connectivity index (χ1) is 29.8. The fraction of sp³-hybridized carbons (Fsp3) is 0. The largest absolute Gasteiger partial charge is 0.456 e. The number of nitrogens with zero attached hydrogens (tertiary/aromatic N) is 6. The minimum absolute atomic E-state index is 0.461. The van der Waals surface area contributed by atoms with Gasteiger partial charge in [-0.15, -0.1) is 0 Å². The lowest BCUT2D eigenvalue weighted by Crippen LogP contribution is -2.07. The molecule has 5 heterocycles. The van der Waals surface area contributed by atoms with Gasteiger partial charge in [-0.3, -0.25) is 4.57 Å². The summed E-state index contributed by atoms with van der Waals surface area (Å²) in [6.07, 6.45) is 0. The van der Waals surface area contributed by atoms with Crippen molar-refractivity contribution >= 4 is 76.6 Å². The lowest BCUT2D eigenvalue weighted by atomic mass is 10.1. The molecule has 0 saturated heterocycles. The van der Waals surface area contributed by atoms with Crippen LogP contribution in [-0.4, -0.2) is 29.1 Å². The summed E-state index contributed by atoms with van der Waals surface area (Å²) < 4.78 is 17.5. The molecule has 0 unspecified atom stereocenters. The van der Waals surface area contributed by atoms with Crippen LogP contribution in [0.2, 0.25) is 0 Å². The van der Waals surface area contributed by atoms with E-state index in [0.717, 1.165) is 82.4 Å². The Kier molecular flexibility index (Phi) is 6.85. The first-order valence-electron chi connectivity index (χ1n) is 19.9. The molecule has 0 atom stereocenters. The quantitative estimate of drug-likeness (QED) is 0.173. The molecule has 13 rings (SSSR count). The van der Waals surface area contributed by atoms with Gasteiger partial charge in [-0.1, -0.05) is 121 Å². The van der Waals surface area contributed by atoms with E-state index < -0.39 is 0 Å². The number of rotatable bonds is 5. The Labute approximate surface area is 341 Å². The molecular weight excluding hydrogens is 741 g/mol. The predicted molar refractivity (Wildman–Crippen MR) is 240 cm³/mol. The molecule has 0 fully saturated rings. The summed E-state index contributed by atoms with van der Waals surface area (Å²) in [4.78, 5) is 21.1. The normalized spacial score (nSPS) is 12.0. The maximum Gasteiger partial charge on any atom is 0.238 e. The van der Waals surface area contributed by atoms with Gasteiger partial charge in [0.2, 0.25) is 11.8 Å². The van der Waals surface area contributed by atoms with E-state index in [0.29, 0.717) is 40.2 Å². The summed E-state index contributed by atoms with van der Waals surface area (Å²) in [5, 5.41) is 6.41. The zero-order chi connectivity index (χ0) is 39.3. The number of para-hydroxylation sites is 5. The first-order valence-corrected chi connectivity index (χ1v) is 19.9. The average molecular weight is 771 g/mol. The zero-order valence-corrected chi connectivity index (χ0v) is 31.8. The fourth-order valence-corrected chi connectivity index (χ4v) is 9.05. The Balaban J connectivity index is 1.18. The van der Waals surface area contributed by atoms with Crippen LogP contribution in [0.1, 0.15) is 0 Å². The molecule has 8 heteroatoms. The Morgan fingerprint density at radius 2 is 0.967 bits per heavy atom. The number of furan rings is 1. The van der Waals surface area contributed by atoms with E-state index >= 15 is 0 Å². The lowest BCUT2D eigenvalue weighted by molar-refractivity contribution is 0.620. The molecule has 8 nitrogen and oxygen atoms in total. The van der Waals surface area contributed by atoms with Gasteiger partial charge < -0.3 is 13.4 Å². The number of benzene rings is 8. The minimum Gasteiger partial charge on any atom is -0.456 e. The van der Waals surface area contributed by atoms with Crippen molar-refractivity contribution in [1.82, 2.24) is 29.1 Å². The SMILES string of the molecule is c1ccc(-c2nc3cccc(-c4nc(-c5cccc6oc7ccccc7c56)nc(-n5c6ccccc6c6ccc7c8ccccc8n(-c8ccccc8)c7c65)n4)c3o2)cc1. The monoisotopic (exact) mass is 770 g/mol. The van der Waals surface area contributed by atoms with Crippen molar-refractivity contribution < 1.29 is 8.83 Å². The standard InChI is InChI=1S/C52H30N6O2/c1-3-15-31(16-4-1)51-53-40-24-13-23-39(48(40)60-51)50-54-49(38-22-14-28-44-45(38)37-21-9-12-27-43(37)59-44)55-52(56-50)58-42-26-11-8-20-34(42)36-30-29-35-33-19-7-10-25-41(33)57(46(35)47(36)58)32-17-5-2-6-18-32/h1-30H. The highest BCUT2D eigenvalue weighted by Gasteiger charge is 2.25. The first kappa shape index (κ1) is 32.7. The Hall–Kier alpha value is -8.36. The highest BCUT2D eigenvalue weighted by Crippen LogP contribution is 2.43. The highest BCUT2D eigenvalue weighted by molar-refractivity contribution is 6.23. The van der Waals surface area contributed by atoms with Crippen molar-refractivity contribution in [2.75, 3.05) is 0 Å². The number of aromatic nitrogens is 6. The second kappa shape index (κ2) is 12.6. The molecule has 0 aliphatic rings. The maximum atomic E-state index is 6.59. The third-order valence-electron chi connectivity index (χ3n) is 11.6. The molecule has 5 aromatic heterocycles. The van der Waals surface area contributed by atoms with Gasteiger partial charge in [0.25, 0.3) is 0 Å². The van der Waals surface area contributed by atoms with Crippen molar-refractivity contribution in [3.05, 3.63) is 182 Å². The van der Waals surface area contributed by atoms with Gasteiger partial charge in [-0.05, 0) is 60.7 Å². The Bertz CT molecular complexity index is 3840. The third-order valence-corrected chi connectivity index (χ3v) is 11.6. The molecule has 8 aromatic carbocycles. The zero-order valence-electron chi connectivity index (χ0n) is 31.8. The topological polar surface area (TPSA) is 87.7 Å². The molecule has 0 aliphatic carbocycles. The van der Waals surface area contributed by atoms with E-state index in [2.05, 4.69) is 112 Å². The highest BCUT2D eigenvalue weighted by atomic mass is 16.3. The van der Waals surface area contributed by atoms with Gasteiger partial charge in [0.1, 0.15) is 16.7 Å². The van der Waals surface area contributed by atoms with E-state index in [1.165, 1.54) is 0 Å². The van der Waals surface area contributed by atoms with Crippen LogP contribution in [0.4, 0.5) is 0 Å². The van der Waals surface area contributed by atoms with Crippen LogP contribution in [0.3, 0.4) is 0 Å². The molecule has 0 N–H and O–H groups in total. The Morgan fingerprint density at radius 3 is 1.73 bits per heavy atom. The van der Waals surface area contributed by atoms with Crippen molar-refractivity contribution in [3.63, 3.8) is 0 Å². The van der Waals surface area contributed by atoms with Crippen molar-refractivity contribution in [1.29, 1.82) is 0 Å². The van der Waals surface area contributed by atoms with Crippen LogP contribution in [0.5, 0.6) is 0 Å². The summed E-state index contributed by atoms with van der Waals surface area (Å²) in [5.41, 5.74) is 10.5. The van der Waals surface area contributed by atoms with Crippen LogP contribution in [0, 0.1) is 0 Å². The van der Waals surface area contributed by atoms with Crippen LogP contribution < -0.4 is 0 Å². The van der Waals surface area contributed by atoms with Gasteiger partial charge in [0.15, 0.2) is 17.2 Å². The van der Waals surface area contributed by atoms with Gasteiger partial charge in [0, 0.05) is 49.1 Å². The second-order valence-electron chi connectivity index (χ2n) is 15.0. The summed E-state index contributed by atoms with van der Waals surface area (Å²) in [5.74, 6) is 1.97. The molecule has 60 heavy (non-hydrogen) atoms. The molecule has 0 aliphatic heterocycles. The van der Waals surface area contributed by atoms with Crippen LogP contribution in [0.25, 0.3) is 123 Å². The minimum atomic E-state index is 0.461. The molecule has 0 radical (unpaired) electrons. The molecule has 0 saturated carbocycles. The van der Waals surface area contributed by atoms with Gasteiger partial charge >= 0.3 is 0 Å². The van der Waals surface area contributed by atoms with Crippen molar-refractivity contribution in [2.24, 2.45) is 0 Å². The van der Waals surface area contributed by atoms with E-state index in [4.69, 9.17) is 28.8 Å². The smallest absolute Gasteiger partial charge is 0.238 e. The Morgan fingerprint density at radius 1 is 0.383 bits per heavy atom. The second-order valence-corrected chi connectivity index (χ2v) is 15.0. The average Bonchev–Trinajstić information content (AvgIpc) is 4.09. The van der Waals surface area contributed by atoms with Crippen LogP contribution >= 0.6 is 0 Å². The summed E-state index contributed by atoms with van der Waals surface area (Å²) in [6.45, 7) is 0. The van der Waals surface area contributed by atoms with E-state index in [1.54, 1.807) is 0 Å². The van der Waals surface area contributed by atoms with E-state index in [9.17, 15) is 0 Å². The molecule has 0 amide bonds. The summed E-state index contributed by atoms with van der Waals surface area (Å²) in [7, 11) is 0. The summed E-state index contributed by atoms with van der Waals surface area (Å²) in [6, 6.07) is 62.1. The van der Waals surface area contributed by atoms with Crippen molar-refractivity contribution in [2.45, 2.75) is 0 Å². The molecule has 0 spiro atoms. The van der Waals surface area contributed by atoms with Crippen LogP contribution in [-0.2, 0) is 0 Å². The van der Waals surface area contributed by atoms with Gasteiger partial charge in [0.05, 0.1) is 27.6 Å². The molecular formula is C52H30N6O2. The summed E-state index contributed by atoms with van der Waals surface area (Å²) >= 11 is 0. The molecule has 13 aromatic rings. The molecule has 280 valence electrons. The maximum absolute atomic E-state index is 6.59. The predicted octanol–water partition coefficient (Wildman–Crippen LogP) is 13.1. The van der Waals surface area contributed by atoms with Gasteiger partial charge in [-0.2, -0.15) is 9.97 Å². The fourth-order valence-electron chi connectivity index (χ4n) is 9.05. The van der Waals surface area contributed by atoms with E-state index in [-0.39, 0.29) is 0 Å². The lowest BCUT2D eigenvalue weighted by Gasteiger charge is -2.13. The number of hydrogen-bond acceptors (Lipinski definition) is 6. The van der Waals surface area contributed by atoms with Crippen LogP contribution in [0.15, 0.2) is 191 Å². The third kappa shape index (κ3) is 4.73. The number of oxazole rings is 1. The number of fused-ring (bicyclic) bond motifs is 11.